The van der Waals surface area contributed by atoms with Crippen LogP contribution in [0.5, 0.6) is 0 Å². The molecule has 2 aliphatic heterocycles. The second kappa shape index (κ2) is 9.28. The van der Waals surface area contributed by atoms with Crippen molar-refractivity contribution in [2.45, 2.75) is 19.4 Å². The maximum absolute atomic E-state index is 13.0. The van der Waals surface area contributed by atoms with E-state index in [1.807, 2.05) is 4.90 Å². The van der Waals surface area contributed by atoms with Crippen LogP contribution in [-0.4, -0.2) is 79.5 Å². The Balaban J connectivity index is 1.49. The Kier molecular flexibility index (Phi) is 6.79. The lowest BCUT2D eigenvalue weighted by Gasteiger charge is -2.36. The molecule has 2 amide bonds. The summed E-state index contributed by atoms with van der Waals surface area (Å²) in [4.78, 5) is 30.9. The Morgan fingerprint density at radius 2 is 1.89 bits per heavy atom. The van der Waals surface area contributed by atoms with Crippen molar-refractivity contribution in [1.82, 2.24) is 14.7 Å². The molecule has 0 aromatic heterocycles. The average molecular weight is 377 g/mol. The predicted octanol–water partition coefficient (Wildman–Crippen LogP) is 1.35. The zero-order valence-electron chi connectivity index (χ0n) is 15.9. The van der Waals surface area contributed by atoms with Gasteiger partial charge in [0.25, 0.3) is 0 Å². The Morgan fingerprint density at radius 3 is 2.59 bits per heavy atom. The molecule has 148 valence electrons. The van der Waals surface area contributed by atoms with E-state index >= 15 is 0 Å². The Bertz CT molecular complexity index is 646. The maximum atomic E-state index is 13.0. The summed E-state index contributed by atoms with van der Waals surface area (Å²) in [7, 11) is 1.76. The van der Waals surface area contributed by atoms with Gasteiger partial charge < -0.3 is 14.5 Å². The Hall–Kier alpha value is -1.99. The van der Waals surface area contributed by atoms with Gasteiger partial charge in [0.05, 0.1) is 25.7 Å². The number of likely N-dealkylation sites (tertiary alicyclic amines) is 1. The van der Waals surface area contributed by atoms with Crippen LogP contribution in [0.2, 0.25) is 0 Å². The van der Waals surface area contributed by atoms with Gasteiger partial charge in [0, 0.05) is 33.2 Å². The molecule has 0 saturated carbocycles. The summed E-state index contributed by atoms with van der Waals surface area (Å²) in [5.41, 5.74) is 0.895. The molecule has 6 nitrogen and oxygen atoms in total. The minimum absolute atomic E-state index is 0.0128. The third-order valence-electron chi connectivity index (χ3n) is 5.30. The number of ether oxygens (including phenoxy) is 1. The van der Waals surface area contributed by atoms with E-state index in [9.17, 15) is 14.0 Å². The molecule has 7 heteroatoms. The molecule has 2 saturated heterocycles. The molecule has 2 fully saturated rings. The summed E-state index contributed by atoms with van der Waals surface area (Å²) in [5.74, 6) is -0.113. The highest BCUT2D eigenvalue weighted by Crippen LogP contribution is 2.19. The zero-order valence-corrected chi connectivity index (χ0v) is 15.9. The van der Waals surface area contributed by atoms with Crippen molar-refractivity contribution >= 4 is 11.8 Å². The van der Waals surface area contributed by atoms with Crippen LogP contribution in [0.15, 0.2) is 24.3 Å². The van der Waals surface area contributed by atoms with E-state index in [1.54, 1.807) is 24.1 Å². The van der Waals surface area contributed by atoms with Gasteiger partial charge in [-0.3, -0.25) is 14.5 Å². The SMILES string of the molecule is CN(Cc1ccc(F)cc1)C(=O)CN1CCCC(C(=O)N2CCOCC2)C1. The highest BCUT2D eigenvalue weighted by molar-refractivity contribution is 5.80. The van der Waals surface area contributed by atoms with Crippen LogP contribution in [-0.2, 0) is 20.9 Å². The van der Waals surface area contributed by atoms with Crippen molar-refractivity contribution in [3.63, 3.8) is 0 Å². The van der Waals surface area contributed by atoms with E-state index in [2.05, 4.69) is 4.90 Å². The van der Waals surface area contributed by atoms with Crippen LogP contribution in [0.3, 0.4) is 0 Å². The molecule has 3 rings (SSSR count). The maximum Gasteiger partial charge on any atom is 0.236 e. The van der Waals surface area contributed by atoms with Crippen LogP contribution < -0.4 is 0 Å². The first kappa shape index (κ1) is 19.8. The number of halogens is 1. The third kappa shape index (κ3) is 5.49. The smallest absolute Gasteiger partial charge is 0.236 e. The molecule has 1 aromatic rings. The lowest BCUT2D eigenvalue weighted by atomic mass is 9.96. The lowest BCUT2D eigenvalue weighted by molar-refractivity contribution is -0.142. The molecular formula is C20H28FN3O3. The molecule has 0 spiro atoms. The first-order chi connectivity index (χ1) is 13.0. The van der Waals surface area contributed by atoms with Gasteiger partial charge in [0.1, 0.15) is 5.82 Å². The van der Waals surface area contributed by atoms with Gasteiger partial charge in [-0.15, -0.1) is 0 Å². The van der Waals surface area contributed by atoms with Gasteiger partial charge in [-0.05, 0) is 37.1 Å². The molecule has 1 atom stereocenters. The fourth-order valence-electron chi connectivity index (χ4n) is 3.71. The van der Waals surface area contributed by atoms with E-state index < -0.39 is 0 Å². The van der Waals surface area contributed by atoms with Crippen molar-refractivity contribution in [2.24, 2.45) is 5.92 Å². The van der Waals surface area contributed by atoms with E-state index in [0.717, 1.165) is 24.9 Å². The fraction of sp³-hybridized carbons (Fsp3) is 0.600. The number of morpholine rings is 1. The summed E-state index contributed by atoms with van der Waals surface area (Å²) in [5, 5.41) is 0. The van der Waals surface area contributed by atoms with Crippen molar-refractivity contribution in [3.8, 4) is 0 Å². The van der Waals surface area contributed by atoms with Gasteiger partial charge in [-0.2, -0.15) is 0 Å². The van der Waals surface area contributed by atoms with E-state index in [-0.39, 0.29) is 23.5 Å². The van der Waals surface area contributed by atoms with E-state index in [1.165, 1.54) is 12.1 Å². The standard InChI is InChI=1S/C20H28FN3O3/c1-22(13-16-4-6-18(21)7-5-16)19(25)15-23-8-2-3-17(14-23)20(26)24-9-11-27-12-10-24/h4-7,17H,2-3,8-15H2,1H3. The topological polar surface area (TPSA) is 53.1 Å². The summed E-state index contributed by atoms with van der Waals surface area (Å²) >= 11 is 0. The molecule has 2 heterocycles. The van der Waals surface area contributed by atoms with E-state index in [4.69, 9.17) is 4.74 Å². The highest BCUT2D eigenvalue weighted by Gasteiger charge is 2.31. The molecular weight excluding hydrogens is 349 g/mol. The summed E-state index contributed by atoms with van der Waals surface area (Å²) < 4.78 is 18.3. The molecule has 0 bridgehead atoms. The number of rotatable bonds is 5. The molecule has 0 N–H and O–H groups in total. The number of hydrogen-bond acceptors (Lipinski definition) is 4. The van der Waals surface area contributed by atoms with Gasteiger partial charge in [-0.25, -0.2) is 4.39 Å². The second-order valence-electron chi connectivity index (χ2n) is 7.39. The quantitative estimate of drug-likeness (QED) is 0.778. The van der Waals surface area contributed by atoms with Gasteiger partial charge >= 0.3 is 0 Å². The number of carbonyl (C=O) groups excluding carboxylic acids is 2. The second-order valence-corrected chi connectivity index (χ2v) is 7.39. The van der Waals surface area contributed by atoms with Crippen LogP contribution in [0, 0.1) is 11.7 Å². The predicted molar refractivity (Wildman–Crippen MR) is 99.4 cm³/mol. The van der Waals surface area contributed by atoms with Crippen LogP contribution in [0.4, 0.5) is 4.39 Å². The molecule has 1 aromatic carbocycles. The van der Waals surface area contributed by atoms with Gasteiger partial charge in [0.2, 0.25) is 11.8 Å². The van der Waals surface area contributed by atoms with Crippen molar-refractivity contribution in [2.75, 3.05) is 53.0 Å². The van der Waals surface area contributed by atoms with Gasteiger partial charge in [0.15, 0.2) is 0 Å². The zero-order chi connectivity index (χ0) is 19.2. The fourth-order valence-corrected chi connectivity index (χ4v) is 3.71. The minimum atomic E-state index is -0.281. The minimum Gasteiger partial charge on any atom is -0.378 e. The first-order valence-electron chi connectivity index (χ1n) is 9.60. The monoisotopic (exact) mass is 377 g/mol. The Morgan fingerprint density at radius 1 is 1.19 bits per heavy atom. The number of carbonyl (C=O) groups is 2. The van der Waals surface area contributed by atoms with Crippen molar-refractivity contribution < 1.29 is 18.7 Å². The lowest BCUT2D eigenvalue weighted by Crippen LogP contribution is -2.50. The summed E-state index contributed by atoms with van der Waals surface area (Å²) in [6.07, 6.45) is 1.81. The summed E-state index contributed by atoms with van der Waals surface area (Å²) in [6, 6.07) is 6.19. The molecule has 27 heavy (non-hydrogen) atoms. The van der Waals surface area contributed by atoms with Crippen molar-refractivity contribution in [3.05, 3.63) is 35.6 Å². The molecule has 2 aliphatic rings. The number of amides is 2. The number of nitrogens with zero attached hydrogens (tertiary/aromatic N) is 3. The third-order valence-corrected chi connectivity index (χ3v) is 5.30. The molecule has 0 radical (unpaired) electrons. The number of likely N-dealkylation sites (N-methyl/N-ethyl adjacent to an activating group) is 1. The summed E-state index contributed by atoms with van der Waals surface area (Å²) in [6.45, 7) is 4.76. The molecule has 1 unspecified atom stereocenters. The molecule has 0 aliphatic carbocycles. The number of benzene rings is 1. The van der Waals surface area contributed by atoms with Crippen LogP contribution in [0.1, 0.15) is 18.4 Å². The highest BCUT2D eigenvalue weighted by atomic mass is 19.1. The first-order valence-corrected chi connectivity index (χ1v) is 9.60. The normalized spacial score (nSPS) is 21.1. The Labute approximate surface area is 159 Å². The van der Waals surface area contributed by atoms with E-state index in [0.29, 0.717) is 45.9 Å². The number of piperidine rings is 1. The largest absolute Gasteiger partial charge is 0.378 e. The van der Waals surface area contributed by atoms with Gasteiger partial charge in [-0.1, -0.05) is 12.1 Å². The van der Waals surface area contributed by atoms with Crippen molar-refractivity contribution in [1.29, 1.82) is 0 Å². The average Bonchev–Trinajstić information content (AvgIpc) is 2.70. The van der Waals surface area contributed by atoms with Crippen LogP contribution >= 0.6 is 0 Å². The number of hydrogen-bond donors (Lipinski definition) is 0. The van der Waals surface area contributed by atoms with Crippen LogP contribution in [0.25, 0.3) is 0 Å².